The van der Waals surface area contributed by atoms with Crippen LogP contribution in [0.1, 0.15) is 69.7 Å². The van der Waals surface area contributed by atoms with Crippen molar-refractivity contribution >= 4 is 34.5 Å². The monoisotopic (exact) mass is 540 g/mol. The molecule has 1 saturated carbocycles. The number of fused-ring (bicyclic) bond motifs is 2. The summed E-state index contributed by atoms with van der Waals surface area (Å²) in [6, 6.07) is 8.09. The number of aryl methyl sites for hydroxylation is 1. The minimum absolute atomic E-state index is 0. The molecule has 0 radical (unpaired) electrons. The molecule has 38 heavy (non-hydrogen) atoms. The summed E-state index contributed by atoms with van der Waals surface area (Å²) in [5, 5.41) is 13.6. The number of nitrogens with one attached hydrogen (secondary N) is 2. The topological polar surface area (TPSA) is 118 Å². The van der Waals surface area contributed by atoms with E-state index in [1.165, 1.54) is 45.1 Å². The van der Waals surface area contributed by atoms with Crippen LogP contribution in [0.25, 0.3) is 22.1 Å². The number of benzene rings is 1. The van der Waals surface area contributed by atoms with Gasteiger partial charge in [0, 0.05) is 31.4 Å². The molecule has 0 atom stereocenters. The van der Waals surface area contributed by atoms with E-state index in [1.54, 1.807) is 0 Å². The van der Waals surface area contributed by atoms with E-state index in [0.717, 1.165) is 67.2 Å². The van der Waals surface area contributed by atoms with Crippen molar-refractivity contribution < 1.29 is 4.74 Å². The Hall–Kier alpha value is -2.98. The highest BCUT2D eigenvalue weighted by Crippen LogP contribution is 2.28. The van der Waals surface area contributed by atoms with Gasteiger partial charge in [-0.3, -0.25) is 4.98 Å². The Bertz CT molecular complexity index is 1380. The van der Waals surface area contributed by atoms with Gasteiger partial charge in [0.1, 0.15) is 5.75 Å². The number of hydrogen-bond donors (Lipinski definition) is 2. The molecular weight excluding hydrogens is 504 g/mol. The highest BCUT2D eigenvalue weighted by molar-refractivity contribution is 5.90. The van der Waals surface area contributed by atoms with E-state index in [2.05, 4.69) is 40.1 Å². The average Bonchev–Trinajstić information content (AvgIpc) is 3.43. The highest BCUT2D eigenvalue weighted by Gasteiger charge is 2.25. The van der Waals surface area contributed by atoms with Gasteiger partial charge in [0.15, 0.2) is 11.5 Å². The second-order valence-corrected chi connectivity index (χ2v) is 10.7. The number of rotatable bonds is 8. The van der Waals surface area contributed by atoms with Crippen molar-refractivity contribution in [2.45, 2.75) is 70.3 Å². The molecule has 1 saturated heterocycles. The Morgan fingerprint density at radius 3 is 2.63 bits per heavy atom. The Kier molecular flexibility index (Phi) is 8.58. The first-order valence-corrected chi connectivity index (χ1v) is 13.9. The van der Waals surface area contributed by atoms with Crippen molar-refractivity contribution in [2.75, 3.05) is 26.2 Å². The van der Waals surface area contributed by atoms with Crippen LogP contribution >= 0.6 is 12.4 Å². The Labute approximate surface area is 227 Å². The van der Waals surface area contributed by atoms with E-state index < -0.39 is 0 Å². The molecule has 1 aliphatic heterocycles. The van der Waals surface area contributed by atoms with Crippen molar-refractivity contribution in [3.05, 3.63) is 40.6 Å². The Morgan fingerprint density at radius 2 is 1.82 bits per heavy atom. The molecule has 1 aliphatic carbocycles. The third-order valence-electron chi connectivity index (χ3n) is 8.03. The first-order valence-electron chi connectivity index (χ1n) is 13.9. The molecule has 0 bridgehead atoms. The molecule has 2 aliphatic rings. The summed E-state index contributed by atoms with van der Waals surface area (Å²) in [5.41, 5.74) is 1.82. The van der Waals surface area contributed by atoms with Gasteiger partial charge in [0.25, 0.3) is 0 Å². The van der Waals surface area contributed by atoms with E-state index >= 15 is 0 Å². The third kappa shape index (κ3) is 6.18. The number of tetrazole rings is 1. The van der Waals surface area contributed by atoms with Crippen LogP contribution in [-0.4, -0.2) is 66.3 Å². The zero-order valence-electron chi connectivity index (χ0n) is 21.8. The molecule has 0 unspecified atom stereocenters. The van der Waals surface area contributed by atoms with E-state index in [4.69, 9.17) is 4.74 Å². The van der Waals surface area contributed by atoms with Crippen molar-refractivity contribution in [3.8, 4) is 5.75 Å². The molecule has 204 valence electrons. The molecule has 4 heterocycles. The molecule has 10 nitrogen and oxygen atoms in total. The lowest BCUT2D eigenvalue weighted by molar-refractivity contribution is 0.149. The normalized spacial score (nSPS) is 18.0. The lowest BCUT2D eigenvalue weighted by atomic mass is 9.97. The van der Waals surface area contributed by atoms with E-state index in [9.17, 15) is 4.79 Å². The number of piperidine rings is 1. The SMILES string of the molecule is Cl.O=c1[nH]c2cc3cc(OCCCc4nnnn4C4CCN(CC5CCCCCC5)CC4)ccc3nc2[nH]1. The number of nitrogens with zero attached hydrogens (tertiary/aromatic N) is 6. The Morgan fingerprint density at radius 1 is 1.00 bits per heavy atom. The fourth-order valence-electron chi connectivity index (χ4n) is 6.03. The second-order valence-electron chi connectivity index (χ2n) is 10.7. The van der Waals surface area contributed by atoms with Gasteiger partial charge in [0.2, 0.25) is 0 Å². The fourth-order valence-corrected chi connectivity index (χ4v) is 6.03. The van der Waals surface area contributed by atoms with Gasteiger partial charge >= 0.3 is 5.69 Å². The molecule has 6 rings (SSSR count). The quantitative estimate of drug-likeness (QED) is 0.251. The van der Waals surface area contributed by atoms with Gasteiger partial charge in [-0.1, -0.05) is 25.7 Å². The maximum absolute atomic E-state index is 11.5. The molecule has 3 aromatic heterocycles. The smallest absolute Gasteiger partial charge is 0.325 e. The summed E-state index contributed by atoms with van der Waals surface area (Å²) < 4.78 is 8.08. The number of likely N-dealkylation sites (tertiary alicyclic amines) is 1. The molecule has 0 spiro atoms. The number of hydrogen-bond acceptors (Lipinski definition) is 7. The molecule has 2 N–H and O–H groups in total. The van der Waals surface area contributed by atoms with Gasteiger partial charge in [-0.05, 0) is 72.7 Å². The number of pyridine rings is 1. The molecule has 2 fully saturated rings. The minimum Gasteiger partial charge on any atom is -0.494 e. The van der Waals surface area contributed by atoms with Crippen LogP contribution in [0, 0.1) is 5.92 Å². The van der Waals surface area contributed by atoms with E-state index in [1.807, 2.05) is 24.3 Å². The van der Waals surface area contributed by atoms with Gasteiger partial charge in [-0.15, -0.1) is 17.5 Å². The Balaban J connectivity index is 0.00000294. The van der Waals surface area contributed by atoms with Gasteiger partial charge < -0.3 is 14.6 Å². The van der Waals surface area contributed by atoms with Crippen LogP contribution in [0.4, 0.5) is 0 Å². The number of imidazole rings is 1. The van der Waals surface area contributed by atoms with Crippen LogP contribution in [0.2, 0.25) is 0 Å². The van der Waals surface area contributed by atoms with Crippen LogP contribution in [-0.2, 0) is 6.42 Å². The zero-order chi connectivity index (χ0) is 25.0. The van der Waals surface area contributed by atoms with Gasteiger partial charge in [-0.25, -0.2) is 14.5 Å². The highest BCUT2D eigenvalue weighted by atomic mass is 35.5. The molecular formula is C27H37ClN8O2. The predicted octanol–water partition coefficient (Wildman–Crippen LogP) is 4.43. The summed E-state index contributed by atoms with van der Waals surface area (Å²) in [4.78, 5) is 24.1. The van der Waals surface area contributed by atoms with E-state index in [-0.39, 0.29) is 18.1 Å². The minimum atomic E-state index is -0.253. The molecule has 0 amide bonds. The molecule has 11 heteroatoms. The maximum Gasteiger partial charge on any atom is 0.325 e. The second kappa shape index (κ2) is 12.3. The standard InChI is InChI=1S/C27H36N8O2.ClH/c36-27-29-24-17-20-16-22(9-10-23(20)28-26(24)30-27)37-15-5-8-25-31-32-33-35(25)21-11-13-34(14-12-21)18-19-6-3-1-2-4-7-19;/h9-10,16-17,19,21H,1-8,11-15,18H2,(H2,28,29,30,36);1H. The van der Waals surface area contributed by atoms with Gasteiger partial charge in [0.05, 0.1) is 23.7 Å². The number of ether oxygens (including phenoxy) is 1. The van der Waals surface area contributed by atoms with Crippen LogP contribution in [0.15, 0.2) is 29.1 Å². The summed E-state index contributed by atoms with van der Waals surface area (Å²) in [5.74, 6) is 2.62. The fraction of sp³-hybridized carbons (Fsp3) is 0.593. The first kappa shape index (κ1) is 26.6. The average molecular weight is 541 g/mol. The lowest BCUT2D eigenvalue weighted by Crippen LogP contribution is -2.38. The zero-order valence-corrected chi connectivity index (χ0v) is 22.6. The maximum atomic E-state index is 11.5. The van der Waals surface area contributed by atoms with Crippen molar-refractivity contribution in [1.29, 1.82) is 0 Å². The van der Waals surface area contributed by atoms with Crippen molar-refractivity contribution in [1.82, 2.24) is 40.1 Å². The van der Waals surface area contributed by atoms with Crippen LogP contribution in [0.3, 0.4) is 0 Å². The van der Waals surface area contributed by atoms with Crippen molar-refractivity contribution in [2.24, 2.45) is 5.92 Å². The third-order valence-corrected chi connectivity index (χ3v) is 8.03. The summed E-state index contributed by atoms with van der Waals surface area (Å²) >= 11 is 0. The number of aromatic nitrogens is 7. The number of H-pyrrole nitrogens is 2. The molecule has 1 aromatic carbocycles. The first-order chi connectivity index (χ1) is 18.2. The number of halogens is 1. The summed E-state index contributed by atoms with van der Waals surface area (Å²) in [6.07, 6.45) is 12.3. The summed E-state index contributed by atoms with van der Waals surface area (Å²) in [7, 11) is 0. The lowest BCUT2D eigenvalue weighted by Gasteiger charge is -2.34. The van der Waals surface area contributed by atoms with Crippen LogP contribution < -0.4 is 10.4 Å². The van der Waals surface area contributed by atoms with Gasteiger partial charge in [-0.2, -0.15) is 0 Å². The largest absolute Gasteiger partial charge is 0.494 e. The van der Waals surface area contributed by atoms with Crippen molar-refractivity contribution in [3.63, 3.8) is 0 Å². The predicted molar refractivity (Wildman–Crippen MR) is 149 cm³/mol. The molecule has 4 aromatic rings. The van der Waals surface area contributed by atoms with Crippen LogP contribution in [0.5, 0.6) is 5.75 Å². The summed E-state index contributed by atoms with van der Waals surface area (Å²) in [6.45, 7) is 4.13. The number of aromatic amines is 2. The van der Waals surface area contributed by atoms with E-state index in [0.29, 0.717) is 23.8 Å².